The summed E-state index contributed by atoms with van der Waals surface area (Å²) in [7, 11) is 0. The first kappa shape index (κ1) is 16.9. The minimum atomic E-state index is -0.916. The Balaban J connectivity index is 2.11. The summed E-state index contributed by atoms with van der Waals surface area (Å²) >= 11 is 23.5. The predicted molar refractivity (Wildman–Crippen MR) is 90.2 cm³/mol. The van der Waals surface area contributed by atoms with E-state index in [1.165, 1.54) is 12.1 Å². The highest BCUT2D eigenvalue weighted by atomic mass is 35.5. The third-order valence-corrected chi connectivity index (χ3v) is 4.24. The van der Waals surface area contributed by atoms with Crippen LogP contribution in [0, 0.1) is 0 Å². The van der Waals surface area contributed by atoms with E-state index in [-0.39, 0.29) is 31.5 Å². The van der Waals surface area contributed by atoms with E-state index in [0.29, 0.717) is 0 Å². The van der Waals surface area contributed by atoms with Crippen LogP contribution in [0.25, 0.3) is 0 Å². The quantitative estimate of drug-likeness (QED) is 0.733. The molecule has 2 aromatic rings. The topological polar surface area (TPSA) is 58.2 Å². The lowest BCUT2D eigenvalue weighted by molar-refractivity contribution is -0.132. The van der Waals surface area contributed by atoms with Crippen molar-refractivity contribution in [2.24, 2.45) is 0 Å². The van der Waals surface area contributed by atoms with Crippen LogP contribution in [0.3, 0.4) is 0 Å². The summed E-state index contributed by atoms with van der Waals surface area (Å²) in [5.41, 5.74) is 0.456. The van der Waals surface area contributed by atoms with Crippen LogP contribution in [-0.2, 0) is 9.59 Å². The molecular formula is C14H8Cl4N2O2. The molecule has 2 amide bonds. The lowest BCUT2D eigenvalue weighted by Gasteiger charge is -2.10. The van der Waals surface area contributed by atoms with Crippen molar-refractivity contribution in [1.29, 1.82) is 0 Å². The highest BCUT2D eigenvalue weighted by molar-refractivity contribution is 6.48. The van der Waals surface area contributed by atoms with E-state index >= 15 is 0 Å². The molecule has 0 radical (unpaired) electrons. The van der Waals surface area contributed by atoms with Gasteiger partial charge in [0.05, 0.1) is 31.5 Å². The van der Waals surface area contributed by atoms with Crippen molar-refractivity contribution in [1.82, 2.24) is 0 Å². The number of halogens is 4. The smallest absolute Gasteiger partial charge is 0.314 e. The molecule has 22 heavy (non-hydrogen) atoms. The van der Waals surface area contributed by atoms with Crippen molar-refractivity contribution >= 4 is 69.6 Å². The third-order valence-electron chi connectivity index (χ3n) is 2.61. The monoisotopic (exact) mass is 376 g/mol. The molecule has 0 saturated heterocycles. The van der Waals surface area contributed by atoms with Crippen LogP contribution >= 0.6 is 46.4 Å². The minimum absolute atomic E-state index is 0.145. The summed E-state index contributed by atoms with van der Waals surface area (Å²) < 4.78 is 0. The molecule has 4 nitrogen and oxygen atoms in total. The van der Waals surface area contributed by atoms with Crippen LogP contribution in [-0.4, -0.2) is 11.8 Å². The number of benzene rings is 2. The molecule has 0 spiro atoms. The molecule has 0 heterocycles. The van der Waals surface area contributed by atoms with Gasteiger partial charge in [-0.25, -0.2) is 0 Å². The molecule has 0 aliphatic carbocycles. The highest BCUT2D eigenvalue weighted by Crippen LogP contribution is 2.30. The average Bonchev–Trinajstić information content (AvgIpc) is 2.48. The van der Waals surface area contributed by atoms with Gasteiger partial charge in [0.1, 0.15) is 0 Å². The molecule has 0 fully saturated rings. The zero-order valence-corrected chi connectivity index (χ0v) is 13.8. The summed E-state index contributed by atoms with van der Waals surface area (Å²) in [6.07, 6.45) is 0. The molecular weight excluding hydrogens is 370 g/mol. The van der Waals surface area contributed by atoms with Gasteiger partial charge in [-0.2, -0.15) is 0 Å². The fraction of sp³-hybridized carbons (Fsp3) is 0. The summed E-state index contributed by atoms with van der Waals surface area (Å²) in [6.45, 7) is 0. The van der Waals surface area contributed by atoms with Crippen molar-refractivity contribution in [2.75, 3.05) is 10.6 Å². The van der Waals surface area contributed by atoms with Crippen LogP contribution < -0.4 is 10.6 Å². The van der Waals surface area contributed by atoms with Crippen LogP contribution in [0.15, 0.2) is 36.4 Å². The van der Waals surface area contributed by atoms with Crippen molar-refractivity contribution in [2.45, 2.75) is 0 Å². The van der Waals surface area contributed by atoms with Crippen molar-refractivity contribution < 1.29 is 9.59 Å². The number of anilines is 2. The first-order valence-electron chi connectivity index (χ1n) is 5.90. The number of rotatable bonds is 2. The first-order chi connectivity index (χ1) is 10.4. The number of hydrogen-bond donors (Lipinski definition) is 2. The molecule has 8 heteroatoms. The van der Waals surface area contributed by atoms with Gasteiger partial charge in [-0.05, 0) is 24.3 Å². The third kappa shape index (κ3) is 3.84. The Morgan fingerprint density at radius 1 is 0.682 bits per heavy atom. The lowest BCUT2D eigenvalue weighted by atomic mass is 10.3. The van der Waals surface area contributed by atoms with E-state index < -0.39 is 11.8 Å². The summed E-state index contributed by atoms with van der Waals surface area (Å²) in [5.74, 6) is -1.83. The molecule has 2 N–H and O–H groups in total. The van der Waals surface area contributed by atoms with Crippen LogP contribution in [0.2, 0.25) is 20.1 Å². The zero-order valence-electron chi connectivity index (χ0n) is 10.8. The highest BCUT2D eigenvalue weighted by Gasteiger charge is 2.17. The zero-order chi connectivity index (χ0) is 16.3. The summed E-state index contributed by atoms with van der Waals surface area (Å²) in [6, 6.07) is 9.35. The molecule has 0 aliphatic rings. The Morgan fingerprint density at radius 2 is 1.05 bits per heavy atom. The first-order valence-corrected chi connectivity index (χ1v) is 7.41. The molecule has 0 aromatic heterocycles. The van der Waals surface area contributed by atoms with E-state index in [2.05, 4.69) is 10.6 Å². The average molecular weight is 378 g/mol. The number of amides is 2. The molecule has 0 aliphatic heterocycles. The van der Waals surface area contributed by atoms with Gasteiger partial charge in [0.15, 0.2) is 0 Å². The molecule has 114 valence electrons. The second-order valence-electron chi connectivity index (χ2n) is 4.11. The van der Waals surface area contributed by atoms with Gasteiger partial charge in [-0.1, -0.05) is 58.5 Å². The van der Waals surface area contributed by atoms with Crippen molar-refractivity contribution in [3.8, 4) is 0 Å². The van der Waals surface area contributed by atoms with E-state index in [9.17, 15) is 9.59 Å². The maximum Gasteiger partial charge on any atom is 0.314 e. The predicted octanol–water partition coefficient (Wildman–Crippen LogP) is 4.88. The van der Waals surface area contributed by atoms with Gasteiger partial charge in [-0.15, -0.1) is 0 Å². The van der Waals surface area contributed by atoms with E-state index in [1.54, 1.807) is 24.3 Å². The fourth-order valence-corrected chi connectivity index (χ4v) is 2.25. The maximum atomic E-state index is 11.9. The fourth-order valence-electron chi connectivity index (χ4n) is 1.56. The van der Waals surface area contributed by atoms with Crippen molar-refractivity contribution in [3.63, 3.8) is 0 Å². The largest absolute Gasteiger partial charge is 0.316 e. The summed E-state index contributed by atoms with van der Waals surface area (Å²) in [4.78, 5) is 23.8. The number of carbonyl (C=O) groups is 2. The number of hydrogen-bond acceptors (Lipinski definition) is 2. The van der Waals surface area contributed by atoms with E-state index in [0.717, 1.165) is 0 Å². The second-order valence-corrected chi connectivity index (χ2v) is 5.68. The van der Waals surface area contributed by atoms with Crippen LogP contribution in [0.4, 0.5) is 11.4 Å². The van der Waals surface area contributed by atoms with Gasteiger partial charge >= 0.3 is 11.8 Å². The maximum absolute atomic E-state index is 11.9. The van der Waals surface area contributed by atoms with Crippen LogP contribution in [0.1, 0.15) is 0 Å². The Labute approximate surface area is 146 Å². The molecule has 0 bridgehead atoms. The van der Waals surface area contributed by atoms with Crippen molar-refractivity contribution in [3.05, 3.63) is 56.5 Å². The normalized spacial score (nSPS) is 10.2. The second kappa shape index (κ2) is 7.20. The Bertz CT molecular complexity index is 686. The molecule has 0 atom stereocenters. The van der Waals surface area contributed by atoms with E-state index in [1.807, 2.05) is 0 Å². The summed E-state index contributed by atoms with van der Waals surface area (Å²) in [5, 5.41) is 5.54. The SMILES string of the molecule is O=C(Nc1cccc(Cl)c1Cl)C(=O)Nc1cccc(Cl)c1Cl. The van der Waals surface area contributed by atoms with E-state index in [4.69, 9.17) is 46.4 Å². The Morgan fingerprint density at radius 3 is 1.41 bits per heavy atom. The molecule has 2 aromatic carbocycles. The Hall–Kier alpha value is -1.46. The number of nitrogens with one attached hydrogen (secondary N) is 2. The Kier molecular flexibility index (Phi) is 5.53. The van der Waals surface area contributed by atoms with Crippen LogP contribution in [0.5, 0.6) is 0 Å². The molecule has 0 saturated carbocycles. The van der Waals surface area contributed by atoms with Gasteiger partial charge in [-0.3, -0.25) is 9.59 Å². The van der Waals surface area contributed by atoms with Gasteiger partial charge < -0.3 is 10.6 Å². The number of carbonyl (C=O) groups excluding carboxylic acids is 2. The van der Waals surface area contributed by atoms with Gasteiger partial charge in [0, 0.05) is 0 Å². The lowest BCUT2D eigenvalue weighted by Crippen LogP contribution is -2.29. The van der Waals surface area contributed by atoms with Gasteiger partial charge in [0.2, 0.25) is 0 Å². The standard InChI is InChI=1S/C14H8Cl4N2O2/c15-7-3-1-5-9(11(7)17)19-13(21)14(22)20-10-6-2-4-8(16)12(10)18/h1-6H,(H,19,21)(H,20,22). The van der Waals surface area contributed by atoms with Gasteiger partial charge in [0.25, 0.3) is 0 Å². The molecule has 2 rings (SSSR count). The minimum Gasteiger partial charge on any atom is -0.316 e. The molecule has 0 unspecified atom stereocenters.